The first-order valence-electron chi connectivity index (χ1n) is 3.98. The van der Waals surface area contributed by atoms with Gasteiger partial charge in [-0.1, -0.05) is 25.6 Å². The van der Waals surface area contributed by atoms with Gasteiger partial charge in [-0.15, -0.1) is 5.54 Å². The van der Waals surface area contributed by atoms with Crippen LogP contribution < -0.4 is 0 Å². The van der Waals surface area contributed by atoms with Gasteiger partial charge in [0.25, 0.3) is 0 Å². The Balaban J connectivity index is 2.80. The largest absolute Gasteiger partial charge is 0.339 e. The van der Waals surface area contributed by atoms with Gasteiger partial charge in [0.15, 0.2) is 0 Å². The lowest BCUT2D eigenvalue weighted by molar-refractivity contribution is 0.913. The Labute approximate surface area is 74.6 Å². The van der Waals surface area contributed by atoms with E-state index in [-0.39, 0.29) is 0 Å². The highest BCUT2D eigenvalue weighted by molar-refractivity contribution is 6.83. The lowest BCUT2D eigenvalue weighted by atomic mass is 10.5. The van der Waals surface area contributed by atoms with E-state index < -0.39 is 8.07 Å². The van der Waals surface area contributed by atoms with Gasteiger partial charge in [-0.05, 0) is 0 Å². The smallest absolute Gasteiger partial charge is 0.130 e. The molecule has 1 aromatic rings. The Kier molecular flexibility index (Phi) is 2.39. The zero-order valence-electron chi connectivity index (χ0n) is 8.05. The van der Waals surface area contributed by atoms with Gasteiger partial charge in [-0.25, -0.2) is 4.98 Å². The molecule has 2 nitrogen and oxygen atoms in total. The first-order valence-corrected chi connectivity index (χ1v) is 7.48. The SMILES string of the molecule is Cn1cnc(C#C[Si](C)(C)C)c1. The summed E-state index contributed by atoms with van der Waals surface area (Å²) in [5.41, 5.74) is 4.14. The molecule has 0 aliphatic heterocycles. The van der Waals surface area contributed by atoms with Crippen LogP contribution in [0.5, 0.6) is 0 Å². The van der Waals surface area contributed by atoms with Crippen LogP contribution in [0.2, 0.25) is 19.6 Å². The predicted octanol–water partition coefficient (Wildman–Crippen LogP) is 1.65. The Morgan fingerprint density at radius 1 is 1.42 bits per heavy atom. The lowest BCUT2D eigenvalue weighted by Crippen LogP contribution is -2.16. The highest BCUT2D eigenvalue weighted by atomic mass is 28.3. The maximum absolute atomic E-state index is 4.13. The zero-order valence-corrected chi connectivity index (χ0v) is 9.05. The maximum Gasteiger partial charge on any atom is 0.130 e. The van der Waals surface area contributed by atoms with Gasteiger partial charge in [-0.2, -0.15) is 0 Å². The van der Waals surface area contributed by atoms with Crippen molar-refractivity contribution in [2.45, 2.75) is 19.6 Å². The van der Waals surface area contributed by atoms with E-state index in [0.717, 1.165) is 5.69 Å². The highest BCUT2D eigenvalue weighted by Gasteiger charge is 2.07. The van der Waals surface area contributed by atoms with E-state index in [0.29, 0.717) is 0 Å². The van der Waals surface area contributed by atoms with Crippen molar-refractivity contribution in [1.29, 1.82) is 0 Å². The molecule has 0 aliphatic rings. The van der Waals surface area contributed by atoms with Crippen molar-refractivity contribution >= 4 is 8.07 Å². The standard InChI is InChI=1S/C9H14N2Si/c1-11-7-9(10-8-11)5-6-12(2,3)4/h7-8H,1-4H3. The molecule has 0 spiro atoms. The van der Waals surface area contributed by atoms with E-state index in [1.54, 1.807) is 6.33 Å². The van der Waals surface area contributed by atoms with Crippen molar-refractivity contribution in [3.05, 3.63) is 18.2 Å². The van der Waals surface area contributed by atoms with Gasteiger partial charge in [0.2, 0.25) is 0 Å². The van der Waals surface area contributed by atoms with Crippen LogP contribution in [0.1, 0.15) is 5.69 Å². The van der Waals surface area contributed by atoms with Gasteiger partial charge < -0.3 is 4.57 Å². The van der Waals surface area contributed by atoms with Crippen LogP contribution in [0.4, 0.5) is 0 Å². The fourth-order valence-electron chi connectivity index (χ4n) is 0.729. The van der Waals surface area contributed by atoms with Crippen molar-refractivity contribution in [1.82, 2.24) is 9.55 Å². The van der Waals surface area contributed by atoms with E-state index in [4.69, 9.17) is 0 Å². The predicted molar refractivity (Wildman–Crippen MR) is 53.4 cm³/mol. The number of hydrogen-bond acceptors (Lipinski definition) is 1. The molecule has 1 rings (SSSR count). The van der Waals surface area contributed by atoms with Crippen LogP contribution >= 0.6 is 0 Å². The van der Waals surface area contributed by atoms with Crippen LogP contribution in [0.15, 0.2) is 12.5 Å². The number of nitrogens with zero attached hydrogens (tertiary/aromatic N) is 2. The number of imidazole rings is 1. The second kappa shape index (κ2) is 3.16. The molecule has 0 fully saturated rings. The van der Waals surface area contributed by atoms with Crippen LogP contribution in [0.25, 0.3) is 0 Å². The molecule has 0 N–H and O–H groups in total. The zero-order chi connectivity index (χ0) is 9.19. The molecule has 1 aromatic heterocycles. The number of aromatic nitrogens is 2. The van der Waals surface area contributed by atoms with E-state index in [9.17, 15) is 0 Å². The molecule has 0 aromatic carbocycles. The summed E-state index contributed by atoms with van der Waals surface area (Å²) >= 11 is 0. The molecule has 0 saturated heterocycles. The fourth-order valence-corrected chi connectivity index (χ4v) is 1.23. The monoisotopic (exact) mass is 178 g/mol. The summed E-state index contributed by atoms with van der Waals surface area (Å²) in [5.74, 6) is 3.09. The molecule has 3 heteroatoms. The minimum atomic E-state index is -1.24. The summed E-state index contributed by atoms with van der Waals surface area (Å²) in [5, 5.41) is 0. The fraction of sp³-hybridized carbons (Fsp3) is 0.444. The Hall–Kier alpha value is -1.01. The van der Waals surface area contributed by atoms with E-state index in [2.05, 4.69) is 36.1 Å². The Morgan fingerprint density at radius 2 is 2.08 bits per heavy atom. The van der Waals surface area contributed by atoms with Gasteiger partial charge in [-0.3, -0.25) is 0 Å². The summed E-state index contributed by atoms with van der Waals surface area (Å²) in [7, 11) is 0.710. The minimum Gasteiger partial charge on any atom is -0.339 e. The maximum atomic E-state index is 4.13. The first-order chi connectivity index (χ1) is 5.47. The Morgan fingerprint density at radius 3 is 2.50 bits per heavy atom. The van der Waals surface area contributed by atoms with Crippen molar-refractivity contribution in [3.8, 4) is 11.5 Å². The van der Waals surface area contributed by atoms with E-state index >= 15 is 0 Å². The van der Waals surface area contributed by atoms with Crippen LogP contribution in [0.3, 0.4) is 0 Å². The minimum absolute atomic E-state index is 0.875. The Bertz CT molecular complexity index is 322. The highest BCUT2D eigenvalue weighted by Crippen LogP contribution is 1.98. The lowest BCUT2D eigenvalue weighted by Gasteiger charge is -2.02. The van der Waals surface area contributed by atoms with Crippen molar-refractivity contribution in [2.75, 3.05) is 0 Å². The van der Waals surface area contributed by atoms with Crippen LogP contribution in [-0.4, -0.2) is 17.6 Å². The molecule has 0 bridgehead atoms. The molecule has 0 atom stereocenters. The summed E-state index contributed by atoms with van der Waals surface area (Å²) in [6, 6.07) is 0. The molecule has 0 unspecified atom stereocenters. The van der Waals surface area contributed by atoms with Gasteiger partial charge in [0.1, 0.15) is 13.8 Å². The second-order valence-corrected chi connectivity index (χ2v) is 8.67. The first kappa shape index (κ1) is 9.08. The molecule has 1 heterocycles. The summed E-state index contributed by atoms with van der Waals surface area (Å²) < 4.78 is 1.91. The van der Waals surface area contributed by atoms with Gasteiger partial charge >= 0.3 is 0 Å². The number of hydrogen-bond donors (Lipinski definition) is 0. The van der Waals surface area contributed by atoms with Crippen LogP contribution in [-0.2, 0) is 7.05 Å². The molecule has 64 valence electrons. The van der Waals surface area contributed by atoms with Crippen molar-refractivity contribution in [2.24, 2.45) is 7.05 Å². The number of aryl methyl sites for hydroxylation is 1. The molecule has 0 saturated carbocycles. The van der Waals surface area contributed by atoms with Crippen molar-refractivity contribution in [3.63, 3.8) is 0 Å². The topological polar surface area (TPSA) is 17.8 Å². The van der Waals surface area contributed by atoms with Crippen molar-refractivity contribution < 1.29 is 0 Å². The molecule has 0 radical (unpaired) electrons. The average Bonchev–Trinajstić information content (AvgIpc) is 2.30. The van der Waals surface area contributed by atoms with Crippen LogP contribution in [0, 0.1) is 11.5 Å². The normalized spacial score (nSPS) is 10.7. The second-order valence-electron chi connectivity index (χ2n) is 3.92. The average molecular weight is 178 g/mol. The third-order valence-electron chi connectivity index (χ3n) is 1.27. The molecule has 0 amide bonds. The van der Waals surface area contributed by atoms with E-state index in [1.807, 2.05) is 17.8 Å². The molecule has 12 heavy (non-hydrogen) atoms. The molecular formula is C9H14N2Si. The summed E-state index contributed by atoms with van der Waals surface area (Å²) in [4.78, 5) is 4.13. The summed E-state index contributed by atoms with van der Waals surface area (Å²) in [6.07, 6.45) is 3.71. The quantitative estimate of drug-likeness (QED) is 0.436. The third-order valence-corrected chi connectivity index (χ3v) is 2.15. The molecule has 0 aliphatic carbocycles. The molecular weight excluding hydrogens is 164 g/mol. The van der Waals surface area contributed by atoms with E-state index in [1.165, 1.54) is 0 Å². The third kappa shape index (κ3) is 2.93. The summed E-state index contributed by atoms with van der Waals surface area (Å²) in [6.45, 7) is 6.68. The van der Waals surface area contributed by atoms with Gasteiger partial charge in [0.05, 0.1) is 6.33 Å². The number of rotatable bonds is 0. The van der Waals surface area contributed by atoms with Gasteiger partial charge in [0, 0.05) is 13.2 Å².